The molecule has 4 nitrogen and oxygen atoms in total. The SMILES string of the molecule is Cc1nn(-c2ccc(F)cc2F)c(C)c1CNCCc1c[nH]c2ccccc12. The number of nitrogens with zero attached hydrogens (tertiary/aromatic N) is 2. The summed E-state index contributed by atoms with van der Waals surface area (Å²) >= 11 is 0. The van der Waals surface area contributed by atoms with Crippen LogP contribution >= 0.6 is 0 Å². The summed E-state index contributed by atoms with van der Waals surface area (Å²) in [6, 6.07) is 11.8. The number of aromatic amines is 1. The minimum Gasteiger partial charge on any atom is -0.361 e. The molecule has 0 aliphatic carbocycles. The van der Waals surface area contributed by atoms with E-state index < -0.39 is 11.6 Å². The van der Waals surface area contributed by atoms with E-state index in [9.17, 15) is 8.78 Å². The van der Waals surface area contributed by atoms with Crippen LogP contribution in [0, 0.1) is 25.5 Å². The lowest BCUT2D eigenvalue weighted by Crippen LogP contribution is -2.17. The van der Waals surface area contributed by atoms with Gasteiger partial charge in [-0.15, -0.1) is 0 Å². The van der Waals surface area contributed by atoms with Gasteiger partial charge >= 0.3 is 0 Å². The van der Waals surface area contributed by atoms with E-state index in [-0.39, 0.29) is 5.69 Å². The Kier molecular flexibility index (Phi) is 4.96. The first kappa shape index (κ1) is 18.4. The molecule has 2 N–H and O–H groups in total. The molecule has 0 spiro atoms. The third kappa shape index (κ3) is 3.43. The van der Waals surface area contributed by atoms with Gasteiger partial charge in [0.25, 0.3) is 0 Å². The van der Waals surface area contributed by atoms with Crippen LogP contribution in [0.25, 0.3) is 16.6 Å². The molecule has 4 rings (SSSR count). The van der Waals surface area contributed by atoms with Crippen LogP contribution < -0.4 is 5.32 Å². The van der Waals surface area contributed by atoms with Crippen molar-refractivity contribution in [1.82, 2.24) is 20.1 Å². The molecule has 2 aromatic heterocycles. The minimum absolute atomic E-state index is 0.257. The van der Waals surface area contributed by atoms with Gasteiger partial charge in [0.15, 0.2) is 5.82 Å². The maximum atomic E-state index is 14.1. The molecule has 144 valence electrons. The summed E-state index contributed by atoms with van der Waals surface area (Å²) in [5.41, 5.74) is 5.39. The van der Waals surface area contributed by atoms with Gasteiger partial charge in [-0.05, 0) is 50.6 Å². The topological polar surface area (TPSA) is 45.6 Å². The molecule has 0 aliphatic heterocycles. The Morgan fingerprint density at radius 1 is 1.11 bits per heavy atom. The van der Waals surface area contributed by atoms with Gasteiger partial charge in [0.05, 0.1) is 5.69 Å². The van der Waals surface area contributed by atoms with Gasteiger partial charge in [0.2, 0.25) is 0 Å². The summed E-state index contributed by atoms with van der Waals surface area (Å²) in [5.74, 6) is -1.22. The van der Waals surface area contributed by atoms with Crippen molar-refractivity contribution < 1.29 is 8.78 Å². The van der Waals surface area contributed by atoms with Crippen LogP contribution in [0.3, 0.4) is 0 Å². The average molecular weight is 380 g/mol. The molecular weight excluding hydrogens is 358 g/mol. The van der Waals surface area contributed by atoms with Crippen molar-refractivity contribution in [2.45, 2.75) is 26.8 Å². The highest BCUT2D eigenvalue weighted by molar-refractivity contribution is 5.83. The maximum absolute atomic E-state index is 14.1. The molecule has 0 bridgehead atoms. The number of hydrogen-bond acceptors (Lipinski definition) is 2. The second-order valence-electron chi connectivity index (χ2n) is 6.94. The predicted octanol–water partition coefficient (Wildman–Crippen LogP) is 4.58. The zero-order valence-corrected chi connectivity index (χ0v) is 15.9. The molecule has 0 fully saturated rings. The Hall–Kier alpha value is -2.99. The Morgan fingerprint density at radius 2 is 1.93 bits per heavy atom. The van der Waals surface area contributed by atoms with Crippen molar-refractivity contribution in [2.75, 3.05) is 6.54 Å². The maximum Gasteiger partial charge on any atom is 0.151 e. The highest BCUT2D eigenvalue weighted by Crippen LogP contribution is 2.21. The highest BCUT2D eigenvalue weighted by atomic mass is 19.1. The second-order valence-corrected chi connectivity index (χ2v) is 6.94. The molecule has 0 amide bonds. The number of halogens is 2. The van der Waals surface area contributed by atoms with E-state index in [0.717, 1.165) is 41.5 Å². The fraction of sp³-hybridized carbons (Fsp3) is 0.227. The molecule has 0 unspecified atom stereocenters. The van der Waals surface area contributed by atoms with Crippen LogP contribution in [0.2, 0.25) is 0 Å². The summed E-state index contributed by atoms with van der Waals surface area (Å²) in [5, 5.41) is 9.15. The fourth-order valence-electron chi connectivity index (χ4n) is 3.59. The molecule has 2 heterocycles. The van der Waals surface area contributed by atoms with Crippen LogP contribution in [0.1, 0.15) is 22.5 Å². The normalized spacial score (nSPS) is 11.4. The molecule has 6 heteroatoms. The van der Waals surface area contributed by atoms with Gasteiger partial charge in [-0.1, -0.05) is 18.2 Å². The lowest BCUT2D eigenvalue weighted by Gasteiger charge is -2.08. The van der Waals surface area contributed by atoms with Crippen molar-refractivity contribution in [1.29, 1.82) is 0 Å². The van der Waals surface area contributed by atoms with Crippen LogP contribution in [0.15, 0.2) is 48.7 Å². The molecule has 0 atom stereocenters. The molecule has 4 aromatic rings. The number of rotatable bonds is 6. The largest absolute Gasteiger partial charge is 0.361 e. The van der Waals surface area contributed by atoms with E-state index in [1.165, 1.54) is 23.1 Å². The standard InChI is InChI=1S/C22H22F2N4/c1-14-19(15(2)28(27-14)22-8-7-17(23)11-20(22)24)13-25-10-9-16-12-26-21-6-4-3-5-18(16)21/h3-8,11-12,25-26H,9-10,13H2,1-2H3. The molecular formula is C22H22F2N4. The van der Waals surface area contributed by atoms with Crippen molar-refractivity contribution in [3.05, 3.63) is 82.8 Å². The summed E-state index contributed by atoms with van der Waals surface area (Å²) in [4.78, 5) is 3.29. The van der Waals surface area contributed by atoms with E-state index >= 15 is 0 Å². The summed E-state index contributed by atoms with van der Waals surface area (Å²) in [6.07, 6.45) is 2.96. The fourth-order valence-corrected chi connectivity index (χ4v) is 3.59. The van der Waals surface area contributed by atoms with Crippen molar-refractivity contribution in [2.24, 2.45) is 0 Å². The quantitative estimate of drug-likeness (QED) is 0.481. The number of nitrogens with one attached hydrogen (secondary N) is 2. The van der Waals surface area contributed by atoms with Crippen molar-refractivity contribution in [3.63, 3.8) is 0 Å². The first-order valence-electron chi connectivity index (χ1n) is 9.31. The van der Waals surface area contributed by atoms with E-state index in [0.29, 0.717) is 6.54 Å². The zero-order valence-electron chi connectivity index (χ0n) is 15.9. The highest BCUT2D eigenvalue weighted by Gasteiger charge is 2.15. The van der Waals surface area contributed by atoms with E-state index in [1.807, 2.05) is 26.0 Å². The second kappa shape index (κ2) is 7.56. The minimum atomic E-state index is -0.621. The number of para-hydroxylation sites is 1. The van der Waals surface area contributed by atoms with E-state index in [2.05, 4.69) is 33.7 Å². The van der Waals surface area contributed by atoms with E-state index in [4.69, 9.17) is 0 Å². The summed E-state index contributed by atoms with van der Waals surface area (Å²) in [7, 11) is 0. The summed E-state index contributed by atoms with van der Waals surface area (Å²) in [6.45, 7) is 5.26. The lowest BCUT2D eigenvalue weighted by atomic mass is 10.1. The smallest absolute Gasteiger partial charge is 0.151 e. The Balaban J connectivity index is 1.45. The van der Waals surface area contributed by atoms with Gasteiger partial charge in [-0.2, -0.15) is 5.10 Å². The number of H-pyrrole nitrogens is 1. The number of aromatic nitrogens is 3. The lowest BCUT2D eigenvalue weighted by molar-refractivity contribution is 0.572. The van der Waals surface area contributed by atoms with Gasteiger partial charge in [-0.25, -0.2) is 13.5 Å². The van der Waals surface area contributed by atoms with Crippen molar-refractivity contribution in [3.8, 4) is 5.69 Å². The summed E-state index contributed by atoms with van der Waals surface area (Å²) < 4.78 is 28.9. The Bertz CT molecular complexity index is 1130. The predicted molar refractivity (Wildman–Crippen MR) is 107 cm³/mol. The monoisotopic (exact) mass is 380 g/mol. The number of aryl methyl sites for hydroxylation is 1. The van der Waals surface area contributed by atoms with Gasteiger partial charge in [0, 0.05) is 41.0 Å². The first-order chi connectivity index (χ1) is 13.5. The number of benzene rings is 2. The van der Waals surface area contributed by atoms with Crippen molar-refractivity contribution >= 4 is 10.9 Å². The van der Waals surface area contributed by atoms with Gasteiger partial charge in [-0.3, -0.25) is 0 Å². The third-order valence-electron chi connectivity index (χ3n) is 5.13. The number of hydrogen-bond donors (Lipinski definition) is 2. The van der Waals surface area contributed by atoms with Crippen LogP contribution in [0.4, 0.5) is 8.78 Å². The van der Waals surface area contributed by atoms with Crippen LogP contribution in [-0.4, -0.2) is 21.3 Å². The average Bonchev–Trinajstić information content (AvgIpc) is 3.21. The van der Waals surface area contributed by atoms with Crippen LogP contribution in [-0.2, 0) is 13.0 Å². The molecule has 0 saturated heterocycles. The number of fused-ring (bicyclic) bond motifs is 1. The molecule has 0 radical (unpaired) electrons. The third-order valence-corrected chi connectivity index (χ3v) is 5.13. The van der Waals surface area contributed by atoms with E-state index in [1.54, 1.807) is 4.68 Å². The molecule has 28 heavy (non-hydrogen) atoms. The first-order valence-corrected chi connectivity index (χ1v) is 9.31. The van der Waals surface area contributed by atoms with Crippen LogP contribution in [0.5, 0.6) is 0 Å². The van der Waals surface area contributed by atoms with Gasteiger partial charge < -0.3 is 10.3 Å². The molecule has 0 saturated carbocycles. The molecule has 2 aromatic carbocycles. The Morgan fingerprint density at radius 3 is 2.75 bits per heavy atom. The zero-order chi connectivity index (χ0) is 19.7. The molecule has 0 aliphatic rings. The Labute approximate surface area is 162 Å². The van der Waals surface area contributed by atoms with Gasteiger partial charge in [0.1, 0.15) is 11.5 Å².